The third-order valence-electron chi connectivity index (χ3n) is 2.16. The standard InChI is InChI=1S/C10H16Cl4O2/c1-4-16-8(15)6-9(2,3)7(11)5-10(12,13)14/h7H,4-6H2,1-3H3/t7-/m1/s1. The number of hydrogen-bond acceptors (Lipinski definition) is 2. The van der Waals surface area contributed by atoms with E-state index in [4.69, 9.17) is 51.1 Å². The molecule has 1 atom stereocenters. The van der Waals surface area contributed by atoms with Crippen molar-refractivity contribution >= 4 is 52.4 Å². The highest BCUT2D eigenvalue weighted by molar-refractivity contribution is 6.67. The van der Waals surface area contributed by atoms with Crippen molar-refractivity contribution in [2.75, 3.05) is 6.61 Å². The Morgan fingerprint density at radius 2 is 1.81 bits per heavy atom. The molecule has 0 spiro atoms. The minimum atomic E-state index is -1.40. The summed E-state index contributed by atoms with van der Waals surface area (Å²) in [4.78, 5) is 11.3. The summed E-state index contributed by atoms with van der Waals surface area (Å²) in [7, 11) is 0. The van der Waals surface area contributed by atoms with Gasteiger partial charge >= 0.3 is 5.97 Å². The molecule has 2 nitrogen and oxygen atoms in total. The monoisotopic (exact) mass is 308 g/mol. The Bertz CT molecular complexity index is 235. The highest BCUT2D eigenvalue weighted by Crippen LogP contribution is 2.40. The molecule has 0 saturated heterocycles. The summed E-state index contributed by atoms with van der Waals surface area (Å²) in [5.41, 5.74) is -0.474. The summed E-state index contributed by atoms with van der Waals surface area (Å²) in [6.07, 6.45) is 0.390. The molecule has 96 valence electrons. The lowest BCUT2D eigenvalue weighted by Crippen LogP contribution is -2.31. The van der Waals surface area contributed by atoms with Crippen molar-refractivity contribution in [3.05, 3.63) is 0 Å². The van der Waals surface area contributed by atoms with Crippen LogP contribution in [0.5, 0.6) is 0 Å². The summed E-state index contributed by atoms with van der Waals surface area (Å²) < 4.78 is 3.46. The van der Waals surface area contributed by atoms with Crippen molar-refractivity contribution in [1.82, 2.24) is 0 Å². The minimum Gasteiger partial charge on any atom is -0.466 e. The predicted octanol–water partition coefficient (Wildman–Crippen LogP) is 4.33. The minimum absolute atomic E-state index is 0.186. The third-order valence-corrected chi connectivity index (χ3v) is 3.37. The van der Waals surface area contributed by atoms with E-state index in [1.54, 1.807) is 6.92 Å². The van der Waals surface area contributed by atoms with Crippen molar-refractivity contribution < 1.29 is 9.53 Å². The fraction of sp³-hybridized carbons (Fsp3) is 0.900. The summed E-state index contributed by atoms with van der Waals surface area (Å²) >= 11 is 23.1. The predicted molar refractivity (Wildman–Crippen MR) is 69.6 cm³/mol. The average molecular weight is 310 g/mol. The second kappa shape index (κ2) is 6.53. The molecule has 0 aliphatic carbocycles. The summed E-state index contributed by atoms with van der Waals surface area (Å²) in [5.74, 6) is -0.289. The first-order chi connectivity index (χ1) is 7.08. The molecule has 0 aromatic rings. The highest BCUT2D eigenvalue weighted by Gasteiger charge is 2.36. The van der Waals surface area contributed by atoms with Crippen LogP contribution in [0.25, 0.3) is 0 Å². The summed E-state index contributed by atoms with van der Waals surface area (Å²) in [5, 5.41) is -0.413. The van der Waals surface area contributed by atoms with Crippen LogP contribution < -0.4 is 0 Å². The van der Waals surface area contributed by atoms with Crippen molar-refractivity contribution in [3.8, 4) is 0 Å². The first-order valence-corrected chi connectivity index (χ1v) is 6.52. The molecule has 0 amide bonds. The molecule has 0 aliphatic heterocycles. The molecule has 0 fully saturated rings. The lowest BCUT2D eigenvalue weighted by Gasteiger charge is -2.30. The van der Waals surface area contributed by atoms with Gasteiger partial charge in [0.15, 0.2) is 3.79 Å². The molecule has 0 aromatic heterocycles. The Kier molecular flexibility index (Phi) is 6.79. The third kappa shape index (κ3) is 7.05. The van der Waals surface area contributed by atoms with Gasteiger partial charge in [-0.1, -0.05) is 48.7 Å². The molecular weight excluding hydrogens is 294 g/mol. The van der Waals surface area contributed by atoms with E-state index in [0.717, 1.165) is 0 Å². The van der Waals surface area contributed by atoms with Crippen LogP contribution >= 0.6 is 46.4 Å². The average Bonchev–Trinajstić information content (AvgIpc) is 1.99. The second-order valence-corrected chi connectivity index (χ2v) is 7.30. The van der Waals surface area contributed by atoms with Gasteiger partial charge in [-0.3, -0.25) is 4.79 Å². The Morgan fingerprint density at radius 1 is 1.31 bits per heavy atom. The van der Waals surface area contributed by atoms with E-state index in [-0.39, 0.29) is 18.8 Å². The maximum Gasteiger partial charge on any atom is 0.306 e. The molecule has 6 heteroatoms. The largest absolute Gasteiger partial charge is 0.466 e. The van der Waals surface area contributed by atoms with Crippen LogP contribution in [0.2, 0.25) is 0 Å². The summed E-state index contributed by atoms with van der Waals surface area (Å²) in [6.45, 7) is 5.80. The molecule has 0 saturated carbocycles. The van der Waals surface area contributed by atoms with Crippen molar-refractivity contribution in [1.29, 1.82) is 0 Å². The van der Waals surface area contributed by atoms with E-state index in [9.17, 15) is 4.79 Å². The molecule has 0 aliphatic rings. The van der Waals surface area contributed by atoms with Gasteiger partial charge in [-0.2, -0.15) is 0 Å². The van der Waals surface area contributed by atoms with Gasteiger partial charge in [-0.05, 0) is 12.3 Å². The number of carbonyl (C=O) groups excluding carboxylic acids is 1. The Morgan fingerprint density at radius 3 is 2.19 bits per heavy atom. The van der Waals surface area contributed by atoms with Crippen LogP contribution in [-0.4, -0.2) is 21.7 Å². The van der Waals surface area contributed by atoms with Gasteiger partial charge in [0.1, 0.15) is 0 Å². The van der Waals surface area contributed by atoms with Gasteiger partial charge in [-0.25, -0.2) is 0 Å². The molecule has 0 unspecified atom stereocenters. The van der Waals surface area contributed by atoms with Crippen LogP contribution in [0.15, 0.2) is 0 Å². The SMILES string of the molecule is CCOC(=O)CC(C)(C)[C@H](Cl)CC(Cl)(Cl)Cl. The Labute approximate surface area is 117 Å². The van der Waals surface area contributed by atoms with Crippen LogP contribution in [0.1, 0.15) is 33.6 Å². The Hall–Kier alpha value is 0.630. The Balaban J connectivity index is 4.36. The van der Waals surface area contributed by atoms with E-state index >= 15 is 0 Å². The lowest BCUT2D eigenvalue weighted by molar-refractivity contribution is -0.145. The van der Waals surface area contributed by atoms with Gasteiger partial charge in [0, 0.05) is 11.8 Å². The zero-order valence-electron chi connectivity index (χ0n) is 9.53. The molecule has 0 aromatic carbocycles. The van der Waals surface area contributed by atoms with Gasteiger partial charge in [0.2, 0.25) is 0 Å². The van der Waals surface area contributed by atoms with Crippen molar-refractivity contribution in [2.24, 2.45) is 5.41 Å². The van der Waals surface area contributed by atoms with Crippen molar-refractivity contribution in [2.45, 2.75) is 42.8 Å². The number of ether oxygens (including phenoxy) is 1. The fourth-order valence-electron chi connectivity index (χ4n) is 1.17. The van der Waals surface area contributed by atoms with E-state index in [1.165, 1.54) is 0 Å². The topological polar surface area (TPSA) is 26.3 Å². The van der Waals surface area contributed by atoms with E-state index in [2.05, 4.69) is 0 Å². The normalized spacial score (nSPS) is 14.7. The first kappa shape index (κ1) is 16.6. The summed E-state index contributed by atoms with van der Waals surface area (Å²) in [6, 6.07) is 0. The van der Waals surface area contributed by atoms with Crippen molar-refractivity contribution in [3.63, 3.8) is 0 Å². The smallest absolute Gasteiger partial charge is 0.306 e. The number of hydrogen-bond donors (Lipinski definition) is 0. The number of carbonyl (C=O) groups is 1. The fourth-order valence-corrected chi connectivity index (χ4v) is 2.18. The molecule has 0 bridgehead atoms. The van der Waals surface area contributed by atoms with Gasteiger partial charge in [0.25, 0.3) is 0 Å². The maximum absolute atomic E-state index is 11.3. The van der Waals surface area contributed by atoms with E-state index in [0.29, 0.717) is 6.61 Å². The van der Waals surface area contributed by atoms with Gasteiger partial charge in [-0.15, -0.1) is 11.6 Å². The van der Waals surface area contributed by atoms with Gasteiger partial charge in [0.05, 0.1) is 13.0 Å². The van der Waals surface area contributed by atoms with Gasteiger partial charge < -0.3 is 4.74 Å². The molecule has 0 radical (unpaired) electrons. The molecule has 0 heterocycles. The van der Waals surface area contributed by atoms with E-state index < -0.39 is 14.6 Å². The van der Waals surface area contributed by atoms with Crippen LogP contribution in [-0.2, 0) is 9.53 Å². The number of halogens is 4. The maximum atomic E-state index is 11.3. The molecule has 16 heavy (non-hydrogen) atoms. The number of alkyl halides is 4. The molecular formula is C10H16Cl4O2. The quantitative estimate of drug-likeness (QED) is 0.558. The van der Waals surface area contributed by atoms with Crippen LogP contribution in [0.4, 0.5) is 0 Å². The number of rotatable bonds is 5. The van der Waals surface area contributed by atoms with Crippen LogP contribution in [0.3, 0.4) is 0 Å². The molecule has 0 rings (SSSR count). The highest BCUT2D eigenvalue weighted by atomic mass is 35.6. The zero-order chi connectivity index (χ0) is 13.0. The second-order valence-electron chi connectivity index (χ2n) is 4.26. The number of esters is 1. The molecule has 0 N–H and O–H groups in total. The lowest BCUT2D eigenvalue weighted by atomic mass is 9.84. The first-order valence-electron chi connectivity index (χ1n) is 4.95. The zero-order valence-corrected chi connectivity index (χ0v) is 12.6. The van der Waals surface area contributed by atoms with E-state index in [1.807, 2.05) is 13.8 Å². The van der Waals surface area contributed by atoms with Crippen LogP contribution in [0, 0.1) is 5.41 Å².